The number of aromatic nitrogens is 4. The molecule has 0 aliphatic heterocycles. The van der Waals surface area contributed by atoms with E-state index in [1.165, 1.54) is 0 Å². The molecule has 0 aliphatic rings. The lowest BCUT2D eigenvalue weighted by molar-refractivity contribution is 0.165. The summed E-state index contributed by atoms with van der Waals surface area (Å²) in [5, 5.41) is 18.6. The Hall–Kier alpha value is -1.62. The van der Waals surface area contributed by atoms with Gasteiger partial charge in [-0.3, -0.25) is 9.36 Å². The molecule has 1 N–H and O–H groups in total. The van der Waals surface area contributed by atoms with Crippen molar-refractivity contribution in [1.29, 1.82) is 0 Å². The Morgan fingerprint density at radius 1 is 1.47 bits per heavy atom. The van der Waals surface area contributed by atoms with E-state index in [0.29, 0.717) is 6.42 Å². The molecule has 0 aromatic carbocycles. The second-order valence-electron chi connectivity index (χ2n) is 4.19. The third kappa shape index (κ3) is 2.39. The molecule has 0 spiro atoms. The van der Waals surface area contributed by atoms with Gasteiger partial charge in [0.05, 0.1) is 11.4 Å². The number of aliphatic hydroxyl groups excluding tert-OH is 1. The van der Waals surface area contributed by atoms with Crippen molar-refractivity contribution in [3.63, 3.8) is 0 Å². The molecule has 0 radical (unpaired) electrons. The van der Waals surface area contributed by atoms with Gasteiger partial charge in [0.1, 0.15) is 6.10 Å². The van der Waals surface area contributed by atoms with Crippen LogP contribution in [-0.4, -0.2) is 24.7 Å². The van der Waals surface area contributed by atoms with Crippen LogP contribution in [0.3, 0.4) is 0 Å². The van der Waals surface area contributed by atoms with Gasteiger partial charge in [-0.2, -0.15) is 10.2 Å². The Morgan fingerprint density at radius 2 is 2.24 bits per heavy atom. The van der Waals surface area contributed by atoms with E-state index in [-0.39, 0.29) is 0 Å². The minimum atomic E-state index is -0.538. The van der Waals surface area contributed by atoms with E-state index < -0.39 is 6.10 Å². The molecule has 0 saturated heterocycles. The molecular formula is C12H18N4O. The summed E-state index contributed by atoms with van der Waals surface area (Å²) in [5.74, 6) is 0. The Morgan fingerprint density at radius 3 is 2.82 bits per heavy atom. The van der Waals surface area contributed by atoms with E-state index in [9.17, 15) is 5.11 Å². The Kier molecular flexibility index (Phi) is 3.28. The zero-order valence-corrected chi connectivity index (χ0v) is 10.5. The van der Waals surface area contributed by atoms with Crippen molar-refractivity contribution < 1.29 is 5.11 Å². The number of hydrogen-bond donors (Lipinski definition) is 1. The van der Waals surface area contributed by atoms with Crippen LogP contribution >= 0.6 is 0 Å². The van der Waals surface area contributed by atoms with E-state index in [4.69, 9.17) is 0 Å². The molecule has 2 aromatic heterocycles. The summed E-state index contributed by atoms with van der Waals surface area (Å²) in [6.45, 7) is 4.83. The summed E-state index contributed by atoms with van der Waals surface area (Å²) in [7, 11) is 1.83. The Balaban J connectivity index is 2.18. The summed E-state index contributed by atoms with van der Waals surface area (Å²) in [6.07, 6.45) is 1.72. The number of hydrogen-bond acceptors (Lipinski definition) is 3. The first-order chi connectivity index (χ1) is 8.11. The molecule has 0 amide bonds. The van der Waals surface area contributed by atoms with Crippen LogP contribution in [0.1, 0.15) is 30.1 Å². The average Bonchev–Trinajstić information content (AvgIpc) is 2.84. The molecule has 0 fully saturated rings. The highest BCUT2D eigenvalue weighted by Gasteiger charge is 2.15. The molecule has 92 valence electrons. The average molecular weight is 234 g/mol. The maximum atomic E-state index is 10.2. The van der Waals surface area contributed by atoms with Gasteiger partial charge >= 0.3 is 0 Å². The van der Waals surface area contributed by atoms with Crippen LogP contribution in [0.5, 0.6) is 0 Å². The zero-order chi connectivity index (χ0) is 12.4. The van der Waals surface area contributed by atoms with Crippen molar-refractivity contribution in [1.82, 2.24) is 19.6 Å². The topological polar surface area (TPSA) is 55.9 Å². The molecule has 17 heavy (non-hydrogen) atoms. The maximum Gasteiger partial charge on any atom is 0.101 e. The fourth-order valence-corrected chi connectivity index (χ4v) is 2.05. The van der Waals surface area contributed by atoms with E-state index in [1.807, 2.05) is 37.7 Å². The molecule has 2 heterocycles. The largest absolute Gasteiger partial charge is 0.386 e. The highest BCUT2D eigenvalue weighted by molar-refractivity contribution is 5.13. The number of aryl methyl sites for hydroxylation is 3. The SMILES string of the molecule is CCn1nc(C)cc1CC(O)c1ccnn1C. The van der Waals surface area contributed by atoms with Crippen molar-refractivity contribution in [3.05, 3.63) is 35.4 Å². The highest BCUT2D eigenvalue weighted by atomic mass is 16.3. The minimum Gasteiger partial charge on any atom is -0.386 e. The van der Waals surface area contributed by atoms with Crippen molar-refractivity contribution in [3.8, 4) is 0 Å². The first-order valence-electron chi connectivity index (χ1n) is 5.81. The minimum absolute atomic E-state index is 0.538. The third-order valence-electron chi connectivity index (χ3n) is 2.89. The van der Waals surface area contributed by atoms with Gasteiger partial charge in [-0.05, 0) is 26.0 Å². The number of nitrogens with zero attached hydrogens (tertiary/aromatic N) is 4. The van der Waals surface area contributed by atoms with Crippen molar-refractivity contribution >= 4 is 0 Å². The van der Waals surface area contributed by atoms with Crippen LogP contribution in [-0.2, 0) is 20.0 Å². The molecule has 5 heteroatoms. The van der Waals surface area contributed by atoms with Gasteiger partial charge in [0.15, 0.2) is 0 Å². The summed E-state index contributed by atoms with van der Waals surface area (Å²) < 4.78 is 3.62. The third-order valence-corrected chi connectivity index (χ3v) is 2.89. The van der Waals surface area contributed by atoms with Gasteiger partial charge in [0.2, 0.25) is 0 Å². The lowest BCUT2D eigenvalue weighted by atomic mass is 10.1. The monoisotopic (exact) mass is 234 g/mol. The number of aliphatic hydroxyl groups is 1. The smallest absolute Gasteiger partial charge is 0.101 e. The lowest BCUT2D eigenvalue weighted by Crippen LogP contribution is -2.11. The van der Waals surface area contributed by atoms with E-state index >= 15 is 0 Å². The summed E-state index contributed by atoms with van der Waals surface area (Å²) in [5.41, 5.74) is 2.87. The molecule has 0 saturated carbocycles. The van der Waals surface area contributed by atoms with Crippen LogP contribution in [0.2, 0.25) is 0 Å². The van der Waals surface area contributed by atoms with Gasteiger partial charge in [-0.25, -0.2) is 0 Å². The standard InChI is InChI=1S/C12H18N4O/c1-4-16-10(7-9(2)14-16)8-12(17)11-5-6-13-15(11)3/h5-7,12,17H,4,8H2,1-3H3. The van der Waals surface area contributed by atoms with E-state index in [2.05, 4.69) is 10.2 Å². The van der Waals surface area contributed by atoms with E-state index in [0.717, 1.165) is 23.6 Å². The van der Waals surface area contributed by atoms with Crippen molar-refractivity contribution in [2.45, 2.75) is 32.9 Å². The second-order valence-corrected chi connectivity index (χ2v) is 4.19. The Labute approximate surface area is 101 Å². The predicted molar refractivity (Wildman–Crippen MR) is 64.5 cm³/mol. The second kappa shape index (κ2) is 4.71. The first-order valence-corrected chi connectivity index (χ1v) is 5.81. The summed E-state index contributed by atoms with van der Waals surface area (Å²) >= 11 is 0. The predicted octanol–water partition coefficient (Wildman–Crippen LogP) is 1.22. The lowest BCUT2D eigenvalue weighted by Gasteiger charge is -2.11. The first kappa shape index (κ1) is 11.9. The molecule has 2 rings (SSSR count). The fraction of sp³-hybridized carbons (Fsp3) is 0.500. The van der Waals surface area contributed by atoms with Crippen LogP contribution in [0.25, 0.3) is 0 Å². The normalized spacial score (nSPS) is 12.9. The van der Waals surface area contributed by atoms with Crippen LogP contribution < -0.4 is 0 Å². The molecule has 0 bridgehead atoms. The molecule has 5 nitrogen and oxygen atoms in total. The summed E-state index contributed by atoms with van der Waals surface area (Å²) in [6, 6.07) is 3.85. The van der Waals surface area contributed by atoms with Gasteiger partial charge < -0.3 is 5.11 Å². The van der Waals surface area contributed by atoms with Crippen LogP contribution in [0.4, 0.5) is 0 Å². The van der Waals surface area contributed by atoms with Crippen LogP contribution in [0, 0.1) is 6.92 Å². The Bertz CT molecular complexity index is 500. The van der Waals surface area contributed by atoms with Crippen LogP contribution in [0.15, 0.2) is 18.3 Å². The fourth-order valence-electron chi connectivity index (χ4n) is 2.05. The summed E-state index contributed by atoms with van der Waals surface area (Å²) in [4.78, 5) is 0. The van der Waals surface area contributed by atoms with Crippen molar-refractivity contribution in [2.24, 2.45) is 7.05 Å². The zero-order valence-electron chi connectivity index (χ0n) is 10.5. The molecule has 2 aromatic rings. The van der Waals surface area contributed by atoms with Gasteiger partial charge in [0.25, 0.3) is 0 Å². The van der Waals surface area contributed by atoms with Gasteiger partial charge in [-0.1, -0.05) is 0 Å². The molecular weight excluding hydrogens is 216 g/mol. The van der Waals surface area contributed by atoms with Crippen molar-refractivity contribution in [2.75, 3.05) is 0 Å². The van der Waals surface area contributed by atoms with Gasteiger partial charge in [0, 0.05) is 31.9 Å². The highest BCUT2D eigenvalue weighted by Crippen LogP contribution is 2.18. The van der Waals surface area contributed by atoms with Gasteiger partial charge in [-0.15, -0.1) is 0 Å². The molecule has 0 aliphatic carbocycles. The maximum absolute atomic E-state index is 10.2. The molecule has 1 unspecified atom stereocenters. The quantitative estimate of drug-likeness (QED) is 0.865. The molecule has 1 atom stereocenters. The van der Waals surface area contributed by atoms with E-state index in [1.54, 1.807) is 10.9 Å². The number of rotatable bonds is 4.